The lowest BCUT2D eigenvalue weighted by Crippen LogP contribution is -2.13. The second-order valence-corrected chi connectivity index (χ2v) is 5.11. The summed E-state index contributed by atoms with van der Waals surface area (Å²) >= 11 is 0. The Hall–Kier alpha value is -2.54. The number of aliphatic hydroxyl groups is 1. The number of hydrogen-bond acceptors (Lipinski definition) is 6. The van der Waals surface area contributed by atoms with Gasteiger partial charge in [0.15, 0.2) is 5.78 Å². The molecule has 0 bridgehead atoms. The average molecular weight is 360 g/mol. The zero-order valence-electron chi connectivity index (χ0n) is 15.5. The monoisotopic (exact) mass is 360 g/mol. The Balaban J connectivity index is 0.00000113. The zero-order chi connectivity index (χ0) is 19.9. The van der Waals surface area contributed by atoms with Gasteiger partial charge in [0.25, 0.3) is 0 Å². The number of ketones is 1. The molecule has 2 aromatic rings. The predicted octanol–water partition coefficient (Wildman–Crippen LogP) is 2.40. The van der Waals surface area contributed by atoms with Crippen molar-refractivity contribution >= 4 is 11.8 Å². The van der Waals surface area contributed by atoms with Gasteiger partial charge in [-0.3, -0.25) is 21.3 Å². The zero-order valence-corrected chi connectivity index (χ0v) is 15.5. The van der Waals surface area contributed by atoms with E-state index in [1.54, 1.807) is 51.1 Å². The SMILES string of the molecule is CCO.CCOC(=O)C(C)c1cccc(C(=O)c2ccccc2)c1.NN. The van der Waals surface area contributed by atoms with Crippen molar-refractivity contribution in [3.05, 3.63) is 71.3 Å². The van der Waals surface area contributed by atoms with Crippen LogP contribution in [0.1, 0.15) is 48.2 Å². The Bertz CT molecular complexity index is 660. The first-order chi connectivity index (χ1) is 12.5. The summed E-state index contributed by atoms with van der Waals surface area (Å²) in [5.41, 5.74) is 2.00. The maximum absolute atomic E-state index is 12.4. The summed E-state index contributed by atoms with van der Waals surface area (Å²) in [5, 5.41) is 7.57. The van der Waals surface area contributed by atoms with E-state index in [2.05, 4.69) is 11.7 Å². The molecule has 0 aliphatic carbocycles. The van der Waals surface area contributed by atoms with Crippen LogP contribution in [0.5, 0.6) is 0 Å². The molecule has 1 atom stereocenters. The smallest absolute Gasteiger partial charge is 0.313 e. The molecule has 0 fully saturated rings. The normalized spacial score (nSPS) is 10.4. The van der Waals surface area contributed by atoms with Crippen LogP contribution in [0.2, 0.25) is 0 Å². The molecule has 0 saturated heterocycles. The van der Waals surface area contributed by atoms with Crippen LogP contribution in [0.25, 0.3) is 0 Å². The van der Waals surface area contributed by atoms with Gasteiger partial charge >= 0.3 is 5.97 Å². The van der Waals surface area contributed by atoms with Crippen molar-refractivity contribution in [3.63, 3.8) is 0 Å². The minimum Gasteiger partial charge on any atom is -0.466 e. The molecule has 0 radical (unpaired) electrons. The second kappa shape index (κ2) is 13.7. The quantitative estimate of drug-likeness (QED) is 0.326. The Morgan fingerprint density at radius 1 is 1.00 bits per heavy atom. The Morgan fingerprint density at radius 2 is 1.54 bits per heavy atom. The summed E-state index contributed by atoms with van der Waals surface area (Å²) in [6.45, 7) is 5.84. The third-order valence-electron chi connectivity index (χ3n) is 3.32. The van der Waals surface area contributed by atoms with Gasteiger partial charge in [0.2, 0.25) is 0 Å². The van der Waals surface area contributed by atoms with E-state index >= 15 is 0 Å². The lowest BCUT2D eigenvalue weighted by atomic mass is 9.96. The molecule has 6 nitrogen and oxygen atoms in total. The van der Waals surface area contributed by atoms with E-state index in [0.717, 1.165) is 5.56 Å². The molecule has 26 heavy (non-hydrogen) atoms. The van der Waals surface area contributed by atoms with Crippen LogP contribution in [0.15, 0.2) is 54.6 Å². The minimum atomic E-state index is -0.381. The van der Waals surface area contributed by atoms with Crippen molar-refractivity contribution in [1.29, 1.82) is 0 Å². The van der Waals surface area contributed by atoms with Gasteiger partial charge in [-0.05, 0) is 32.4 Å². The van der Waals surface area contributed by atoms with Gasteiger partial charge in [-0.2, -0.15) is 0 Å². The van der Waals surface area contributed by atoms with Crippen molar-refractivity contribution in [2.45, 2.75) is 26.7 Å². The van der Waals surface area contributed by atoms with Crippen molar-refractivity contribution in [3.8, 4) is 0 Å². The fourth-order valence-corrected chi connectivity index (χ4v) is 2.11. The van der Waals surface area contributed by atoms with Gasteiger partial charge in [-0.1, -0.05) is 48.5 Å². The van der Waals surface area contributed by atoms with E-state index in [0.29, 0.717) is 17.7 Å². The molecule has 0 saturated carbocycles. The second-order valence-electron chi connectivity index (χ2n) is 5.11. The maximum atomic E-state index is 12.4. The summed E-state index contributed by atoms with van der Waals surface area (Å²) < 4.78 is 5.02. The van der Waals surface area contributed by atoms with Crippen molar-refractivity contribution in [1.82, 2.24) is 0 Å². The summed E-state index contributed by atoms with van der Waals surface area (Å²) in [6, 6.07) is 16.2. The van der Waals surface area contributed by atoms with Crippen LogP contribution in [0.3, 0.4) is 0 Å². The van der Waals surface area contributed by atoms with Gasteiger partial charge < -0.3 is 9.84 Å². The molecule has 142 valence electrons. The van der Waals surface area contributed by atoms with Crippen LogP contribution in [-0.4, -0.2) is 30.1 Å². The minimum absolute atomic E-state index is 0.0477. The first-order valence-electron chi connectivity index (χ1n) is 8.35. The maximum Gasteiger partial charge on any atom is 0.313 e. The molecule has 5 N–H and O–H groups in total. The number of hydrogen-bond donors (Lipinski definition) is 3. The molecular formula is C20H28N2O4. The van der Waals surface area contributed by atoms with E-state index in [-0.39, 0.29) is 24.3 Å². The van der Waals surface area contributed by atoms with E-state index in [1.807, 2.05) is 24.3 Å². The fourth-order valence-electron chi connectivity index (χ4n) is 2.11. The topological polar surface area (TPSA) is 116 Å². The number of rotatable bonds is 5. The Kier molecular flexibility index (Phi) is 12.4. The lowest BCUT2D eigenvalue weighted by molar-refractivity contribution is -0.144. The third-order valence-corrected chi connectivity index (χ3v) is 3.32. The van der Waals surface area contributed by atoms with Gasteiger partial charge in [0, 0.05) is 17.7 Å². The van der Waals surface area contributed by atoms with Gasteiger partial charge in [-0.25, -0.2) is 0 Å². The van der Waals surface area contributed by atoms with E-state index < -0.39 is 0 Å². The largest absolute Gasteiger partial charge is 0.466 e. The third kappa shape index (κ3) is 7.57. The van der Waals surface area contributed by atoms with Crippen molar-refractivity contribution < 1.29 is 19.4 Å². The average Bonchev–Trinajstić information content (AvgIpc) is 2.70. The summed E-state index contributed by atoms with van der Waals surface area (Å²) in [4.78, 5) is 24.2. The van der Waals surface area contributed by atoms with Crippen LogP contribution < -0.4 is 11.7 Å². The van der Waals surface area contributed by atoms with E-state index in [9.17, 15) is 9.59 Å². The van der Waals surface area contributed by atoms with Crippen LogP contribution in [-0.2, 0) is 9.53 Å². The summed E-state index contributed by atoms with van der Waals surface area (Å²) in [6.07, 6.45) is 0. The van der Waals surface area contributed by atoms with Gasteiger partial charge in [-0.15, -0.1) is 0 Å². The molecule has 0 amide bonds. The highest BCUT2D eigenvalue weighted by Crippen LogP contribution is 2.20. The molecule has 0 aromatic heterocycles. The number of carbonyl (C=O) groups is 2. The Morgan fingerprint density at radius 3 is 2.08 bits per heavy atom. The number of aliphatic hydroxyl groups excluding tert-OH is 1. The highest BCUT2D eigenvalue weighted by molar-refractivity contribution is 6.09. The molecule has 2 rings (SSSR count). The van der Waals surface area contributed by atoms with Gasteiger partial charge in [0.05, 0.1) is 12.5 Å². The molecule has 2 aromatic carbocycles. The first-order valence-corrected chi connectivity index (χ1v) is 8.35. The summed E-state index contributed by atoms with van der Waals surface area (Å²) in [7, 11) is 0. The lowest BCUT2D eigenvalue weighted by Gasteiger charge is -2.12. The molecular weight excluding hydrogens is 332 g/mol. The van der Waals surface area contributed by atoms with Crippen LogP contribution in [0, 0.1) is 0 Å². The van der Waals surface area contributed by atoms with E-state index in [1.165, 1.54) is 0 Å². The number of hydrazine groups is 1. The van der Waals surface area contributed by atoms with Gasteiger partial charge in [0.1, 0.15) is 0 Å². The summed E-state index contributed by atoms with van der Waals surface area (Å²) in [5.74, 6) is 7.30. The van der Waals surface area contributed by atoms with Crippen LogP contribution in [0.4, 0.5) is 0 Å². The molecule has 0 heterocycles. The number of esters is 1. The predicted molar refractivity (Wildman–Crippen MR) is 102 cm³/mol. The molecule has 6 heteroatoms. The first kappa shape index (κ1) is 23.5. The fraction of sp³-hybridized carbons (Fsp3) is 0.300. The number of benzene rings is 2. The number of ether oxygens (including phenoxy) is 1. The number of carbonyl (C=O) groups excluding carboxylic acids is 2. The molecule has 0 aliphatic rings. The molecule has 0 spiro atoms. The van der Waals surface area contributed by atoms with Crippen molar-refractivity contribution in [2.75, 3.05) is 13.2 Å². The van der Waals surface area contributed by atoms with E-state index in [4.69, 9.17) is 9.84 Å². The van der Waals surface area contributed by atoms with Crippen LogP contribution >= 0.6 is 0 Å². The molecule has 0 aliphatic heterocycles. The standard InChI is InChI=1S/C18H18O3.C2H6O.H4N2/c1-3-21-18(20)13(2)15-10-7-11-16(12-15)17(19)14-8-5-4-6-9-14;1-2-3;1-2/h4-13H,3H2,1-2H3;3H,2H2,1H3;1-2H2. The highest BCUT2D eigenvalue weighted by Gasteiger charge is 2.18. The number of nitrogens with two attached hydrogens (primary N) is 2. The Labute approximate surface area is 154 Å². The molecule has 1 unspecified atom stereocenters. The highest BCUT2D eigenvalue weighted by atomic mass is 16.5. The van der Waals surface area contributed by atoms with Crippen molar-refractivity contribution in [2.24, 2.45) is 11.7 Å².